The standard InChI is InChI=1S/C15H21N5O/c1-3-6-16-14-10-13(5-8-17-14)15(21)19-12(2)11-20-9-4-7-18-20/h4-5,7-10,12H,3,6,11H2,1-2H3,(H,16,17)(H,19,21). The van der Waals surface area contributed by atoms with E-state index in [9.17, 15) is 4.79 Å². The van der Waals surface area contributed by atoms with Crippen molar-refractivity contribution in [2.45, 2.75) is 32.9 Å². The minimum Gasteiger partial charge on any atom is -0.370 e. The minimum absolute atomic E-state index is 0.00221. The van der Waals surface area contributed by atoms with E-state index in [1.807, 2.05) is 19.2 Å². The van der Waals surface area contributed by atoms with Crippen LogP contribution in [-0.4, -0.2) is 33.3 Å². The summed E-state index contributed by atoms with van der Waals surface area (Å²) in [5.74, 6) is 0.626. The van der Waals surface area contributed by atoms with E-state index in [0.29, 0.717) is 12.1 Å². The first-order valence-corrected chi connectivity index (χ1v) is 7.17. The van der Waals surface area contributed by atoms with Gasteiger partial charge in [0.1, 0.15) is 5.82 Å². The summed E-state index contributed by atoms with van der Waals surface area (Å²) in [5, 5.41) is 10.3. The zero-order valence-corrected chi connectivity index (χ0v) is 12.4. The monoisotopic (exact) mass is 287 g/mol. The maximum absolute atomic E-state index is 12.2. The van der Waals surface area contributed by atoms with E-state index in [1.54, 1.807) is 29.2 Å². The molecule has 1 atom stereocenters. The summed E-state index contributed by atoms with van der Waals surface area (Å²) >= 11 is 0. The lowest BCUT2D eigenvalue weighted by Gasteiger charge is -2.14. The Morgan fingerprint density at radius 2 is 2.29 bits per heavy atom. The summed E-state index contributed by atoms with van der Waals surface area (Å²) in [7, 11) is 0. The van der Waals surface area contributed by atoms with Gasteiger partial charge in [0.15, 0.2) is 0 Å². The largest absolute Gasteiger partial charge is 0.370 e. The number of carbonyl (C=O) groups excluding carboxylic acids is 1. The van der Waals surface area contributed by atoms with Crippen LogP contribution in [0.5, 0.6) is 0 Å². The number of nitrogens with zero attached hydrogens (tertiary/aromatic N) is 3. The predicted octanol–water partition coefficient (Wildman–Crippen LogP) is 1.92. The van der Waals surface area contributed by atoms with E-state index < -0.39 is 0 Å². The molecule has 0 aliphatic rings. The smallest absolute Gasteiger partial charge is 0.251 e. The molecule has 1 amide bonds. The molecule has 6 heteroatoms. The van der Waals surface area contributed by atoms with Crippen LogP contribution >= 0.6 is 0 Å². The molecule has 0 fully saturated rings. The van der Waals surface area contributed by atoms with Gasteiger partial charge in [-0.3, -0.25) is 9.48 Å². The quantitative estimate of drug-likeness (QED) is 0.816. The van der Waals surface area contributed by atoms with Crippen molar-refractivity contribution < 1.29 is 4.79 Å². The first kappa shape index (κ1) is 15.0. The SMILES string of the molecule is CCCNc1cc(C(=O)NC(C)Cn2cccn2)ccn1. The molecule has 21 heavy (non-hydrogen) atoms. The highest BCUT2D eigenvalue weighted by Crippen LogP contribution is 2.07. The van der Waals surface area contributed by atoms with E-state index in [-0.39, 0.29) is 11.9 Å². The van der Waals surface area contributed by atoms with Gasteiger partial charge in [-0.15, -0.1) is 0 Å². The van der Waals surface area contributed by atoms with Crippen molar-refractivity contribution in [2.24, 2.45) is 0 Å². The van der Waals surface area contributed by atoms with E-state index in [4.69, 9.17) is 0 Å². The van der Waals surface area contributed by atoms with Gasteiger partial charge in [-0.25, -0.2) is 4.98 Å². The molecule has 6 nitrogen and oxygen atoms in total. The van der Waals surface area contributed by atoms with Gasteiger partial charge in [-0.05, 0) is 31.5 Å². The summed E-state index contributed by atoms with van der Waals surface area (Å²) in [6, 6.07) is 5.35. The number of anilines is 1. The molecular formula is C15H21N5O. The van der Waals surface area contributed by atoms with Crippen LogP contribution in [0.3, 0.4) is 0 Å². The normalized spacial score (nSPS) is 11.9. The second-order valence-corrected chi connectivity index (χ2v) is 4.96. The molecule has 0 aliphatic carbocycles. The summed E-state index contributed by atoms with van der Waals surface area (Å²) in [5.41, 5.74) is 0.607. The third-order valence-corrected chi connectivity index (χ3v) is 2.98. The van der Waals surface area contributed by atoms with E-state index >= 15 is 0 Å². The molecule has 2 rings (SSSR count). The molecule has 0 radical (unpaired) electrons. The van der Waals surface area contributed by atoms with Crippen LogP contribution in [-0.2, 0) is 6.54 Å². The number of amides is 1. The van der Waals surface area contributed by atoms with Crippen molar-refractivity contribution >= 4 is 11.7 Å². The highest BCUT2D eigenvalue weighted by atomic mass is 16.1. The Balaban J connectivity index is 1.93. The predicted molar refractivity (Wildman–Crippen MR) is 82.2 cm³/mol. The van der Waals surface area contributed by atoms with E-state index in [1.165, 1.54) is 0 Å². The topological polar surface area (TPSA) is 71.8 Å². The van der Waals surface area contributed by atoms with Gasteiger partial charge in [0.05, 0.1) is 6.54 Å². The van der Waals surface area contributed by atoms with Gasteiger partial charge in [-0.1, -0.05) is 6.92 Å². The Labute approximate surface area is 124 Å². The van der Waals surface area contributed by atoms with Gasteiger partial charge < -0.3 is 10.6 Å². The maximum atomic E-state index is 12.2. The maximum Gasteiger partial charge on any atom is 0.251 e. The molecule has 2 N–H and O–H groups in total. The molecule has 1 unspecified atom stereocenters. The van der Waals surface area contributed by atoms with Gasteiger partial charge in [-0.2, -0.15) is 5.10 Å². The lowest BCUT2D eigenvalue weighted by molar-refractivity contribution is 0.0936. The lowest BCUT2D eigenvalue weighted by Crippen LogP contribution is -2.35. The first-order chi connectivity index (χ1) is 10.2. The fourth-order valence-corrected chi connectivity index (χ4v) is 1.96. The zero-order valence-electron chi connectivity index (χ0n) is 12.4. The van der Waals surface area contributed by atoms with Crippen molar-refractivity contribution in [3.8, 4) is 0 Å². The molecule has 2 heterocycles. The molecule has 2 aromatic heterocycles. The molecule has 0 aromatic carbocycles. The van der Waals surface area contributed by atoms with Crippen LogP contribution in [0.2, 0.25) is 0 Å². The summed E-state index contributed by atoms with van der Waals surface area (Å²) in [6.07, 6.45) is 6.26. The second kappa shape index (κ2) is 7.42. The van der Waals surface area contributed by atoms with Gasteiger partial charge in [0.2, 0.25) is 0 Å². The van der Waals surface area contributed by atoms with Crippen LogP contribution in [0.15, 0.2) is 36.8 Å². The molecule has 0 aliphatic heterocycles. The number of aromatic nitrogens is 3. The lowest BCUT2D eigenvalue weighted by atomic mass is 10.2. The fraction of sp³-hybridized carbons (Fsp3) is 0.400. The number of pyridine rings is 1. The first-order valence-electron chi connectivity index (χ1n) is 7.17. The number of hydrogen-bond donors (Lipinski definition) is 2. The van der Waals surface area contributed by atoms with Crippen molar-refractivity contribution in [2.75, 3.05) is 11.9 Å². The summed E-state index contributed by atoms with van der Waals surface area (Å²) < 4.78 is 1.80. The third-order valence-electron chi connectivity index (χ3n) is 2.98. The number of rotatable bonds is 7. The van der Waals surface area contributed by atoms with Crippen LogP contribution in [0.25, 0.3) is 0 Å². The number of carbonyl (C=O) groups is 1. The Morgan fingerprint density at radius 3 is 3.00 bits per heavy atom. The van der Waals surface area contributed by atoms with Gasteiger partial charge in [0, 0.05) is 36.7 Å². The molecule has 0 bridgehead atoms. The van der Waals surface area contributed by atoms with Crippen molar-refractivity contribution in [1.29, 1.82) is 0 Å². The number of nitrogens with one attached hydrogen (secondary N) is 2. The molecular weight excluding hydrogens is 266 g/mol. The average molecular weight is 287 g/mol. The fourth-order valence-electron chi connectivity index (χ4n) is 1.96. The zero-order chi connectivity index (χ0) is 15.1. The summed E-state index contributed by atoms with van der Waals surface area (Å²) in [4.78, 5) is 16.4. The molecule has 0 spiro atoms. The van der Waals surface area contributed by atoms with Crippen molar-refractivity contribution in [3.63, 3.8) is 0 Å². The Bertz CT molecular complexity index is 567. The van der Waals surface area contributed by atoms with Crippen LogP contribution in [0.4, 0.5) is 5.82 Å². The van der Waals surface area contributed by atoms with E-state index in [0.717, 1.165) is 18.8 Å². The summed E-state index contributed by atoms with van der Waals surface area (Å²) in [6.45, 7) is 5.52. The molecule has 0 saturated carbocycles. The van der Waals surface area contributed by atoms with Gasteiger partial charge in [0.25, 0.3) is 5.91 Å². The van der Waals surface area contributed by atoms with Gasteiger partial charge >= 0.3 is 0 Å². The van der Waals surface area contributed by atoms with Crippen LogP contribution < -0.4 is 10.6 Å². The number of hydrogen-bond acceptors (Lipinski definition) is 4. The molecule has 2 aromatic rings. The molecule has 112 valence electrons. The van der Waals surface area contributed by atoms with E-state index in [2.05, 4.69) is 27.6 Å². The Hall–Kier alpha value is -2.37. The highest BCUT2D eigenvalue weighted by molar-refractivity contribution is 5.94. The third kappa shape index (κ3) is 4.59. The minimum atomic E-state index is -0.100. The van der Waals surface area contributed by atoms with Crippen molar-refractivity contribution in [1.82, 2.24) is 20.1 Å². The highest BCUT2D eigenvalue weighted by Gasteiger charge is 2.11. The van der Waals surface area contributed by atoms with Crippen molar-refractivity contribution in [3.05, 3.63) is 42.4 Å². The Kier molecular flexibility index (Phi) is 5.31. The Morgan fingerprint density at radius 1 is 1.43 bits per heavy atom. The van der Waals surface area contributed by atoms with Crippen LogP contribution in [0.1, 0.15) is 30.6 Å². The van der Waals surface area contributed by atoms with Crippen LogP contribution in [0, 0.1) is 0 Å². The molecule has 0 saturated heterocycles. The average Bonchev–Trinajstić information content (AvgIpc) is 2.98. The second-order valence-electron chi connectivity index (χ2n) is 4.96.